The van der Waals surface area contributed by atoms with E-state index in [0.29, 0.717) is 44.0 Å². The number of rotatable bonds is 6. The SMILES string of the molecule is CC(C)(C)OC(=O)N1CCN(Cc2ccc(C(=O)Nc3nonc3/C(=N\O)Nc3ccc(F)c(Br)c3)cc2)CC1. The van der Waals surface area contributed by atoms with Crippen molar-refractivity contribution in [1.29, 1.82) is 0 Å². The second-order valence-electron chi connectivity index (χ2n) is 10.1. The molecular weight excluding hydrogens is 589 g/mol. The molecule has 1 fully saturated rings. The van der Waals surface area contributed by atoms with Gasteiger partial charge >= 0.3 is 6.09 Å². The van der Waals surface area contributed by atoms with Gasteiger partial charge in [0.05, 0.1) is 4.47 Å². The number of hydrogen-bond acceptors (Lipinski definition) is 9. The van der Waals surface area contributed by atoms with Crippen molar-refractivity contribution in [2.75, 3.05) is 36.8 Å². The van der Waals surface area contributed by atoms with Crippen LogP contribution in [0.1, 0.15) is 42.4 Å². The van der Waals surface area contributed by atoms with E-state index in [9.17, 15) is 19.2 Å². The Bertz CT molecular complexity index is 1380. The molecule has 0 spiro atoms. The van der Waals surface area contributed by atoms with Crippen LogP contribution in [0.3, 0.4) is 0 Å². The van der Waals surface area contributed by atoms with Crippen molar-refractivity contribution in [3.8, 4) is 0 Å². The molecule has 1 aliphatic rings. The summed E-state index contributed by atoms with van der Waals surface area (Å²) in [5.74, 6) is -1.18. The molecule has 0 radical (unpaired) electrons. The summed E-state index contributed by atoms with van der Waals surface area (Å²) in [6.07, 6.45) is -0.301. The molecule has 212 valence electrons. The van der Waals surface area contributed by atoms with E-state index in [1.807, 2.05) is 32.9 Å². The van der Waals surface area contributed by atoms with Gasteiger partial charge in [0.2, 0.25) is 11.7 Å². The Hall–Kier alpha value is -4.04. The number of amides is 2. The van der Waals surface area contributed by atoms with Gasteiger partial charge in [0.15, 0.2) is 5.69 Å². The maximum atomic E-state index is 13.5. The standard InChI is InChI=1S/C26H29BrFN7O5/c1-26(2,3)39-25(37)35-12-10-34(11-13-35)15-16-4-6-17(7-5-16)24(36)30-23-21(32-40-33-23)22(31-38)29-18-8-9-20(28)19(27)14-18/h4-9,14,38H,10-13,15H2,1-3H3,(H,29,31)(H,30,33,36). The lowest BCUT2D eigenvalue weighted by Crippen LogP contribution is -2.49. The Morgan fingerprint density at radius 1 is 1.10 bits per heavy atom. The Morgan fingerprint density at radius 2 is 1.80 bits per heavy atom. The number of piperazine rings is 1. The molecule has 0 atom stereocenters. The largest absolute Gasteiger partial charge is 0.444 e. The Morgan fingerprint density at radius 3 is 2.42 bits per heavy atom. The number of carbonyl (C=O) groups is 2. The lowest BCUT2D eigenvalue weighted by atomic mass is 10.1. The topological polar surface area (TPSA) is 145 Å². The van der Waals surface area contributed by atoms with Gasteiger partial charge in [-0.3, -0.25) is 9.69 Å². The summed E-state index contributed by atoms with van der Waals surface area (Å²) in [5, 5.41) is 25.4. The minimum atomic E-state index is -0.527. The first kappa shape index (κ1) is 29.0. The molecule has 0 unspecified atom stereocenters. The van der Waals surface area contributed by atoms with E-state index in [0.717, 1.165) is 5.56 Å². The van der Waals surface area contributed by atoms with Gasteiger partial charge in [-0.05, 0) is 82.9 Å². The third-order valence-electron chi connectivity index (χ3n) is 5.87. The monoisotopic (exact) mass is 617 g/mol. The Kier molecular flexibility index (Phi) is 9.00. The molecule has 1 saturated heterocycles. The summed E-state index contributed by atoms with van der Waals surface area (Å²) in [6, 6.07) is 11.2. The molecule has 2 aromatic carbocycles. The van der Waals surface area contributed by atoms with Crippen LogP contribution in [0.2, 0.25) is 0 Å². The van der Waals surface area contributed by atoms with Crippen molar-refractivity contribution in [3.63, 3.8) is 0 Å². The summed E-state index contributed by atoms with van der Waals surface area (Å²) in [7, 11) is 0. The maximum Gasteiger partial charge on any atom is 0.410 e. The van der Waals surface area contributed by atoms with Gasteiger partial charge < -0.3 is 25.5 Å². The van der Waals surface area contributed by atoms with Gasteiger partial charge in [-0.25, -0.2) is 13.8 Å². The molecular formula is C26H29BrFN7O5. The molecule has 14 heteroatoms. The fraction of sp³-hybridized carbons (Fsp3) is 0.346. The summed E-state index contributed by atoms with van der Waals surface area (Å²) in [4.78, 5) is 29.1. The van der Waals surface area contributed by atoms with Crippen LogP contribution in [0.4, 0.5) is 20.7 Å². The molecule has 4 rings (SSSR count). The Labute approximate surface area is 238 Å². The van der Waals surface area contributed by atoms with Crippen LogP contribution < -0.4 is 10.6 Å². The lowest BCUT2D eigenvalue weighted by Gasteiger charge is -2.35. The normalized spacial score (nSPS) is 14.6. The fourth-order valence-electron chi connectivity index (χ4n) is 3.88. The summed E-state index contributed by atoms with van der Waals surface area (Å²) in [6.45, 7) is 8.79. The minimum absolute atomic E-state index is 0.0570. The van der Waals surface area contributed by atoms with E-state index in [1.165, 1.54) is 18.2 Å². The summed E-state index contributed by atoms with van der Waals surface area (Å²) in [5.41, 5.74) is 1.18. The summed E-state index contributed by atoms with van der Waals surface area (Å²) < 4.78 is 23.9. The number of amidine groups is 1. The van der Waals surface area contributed by atoms with E-state index in [4.69, 9.17) is 9.37 Å². The molecule has 0 aliphatic carbocycles. The number of benzene rings is 2. The molecule has 3 N–H and O–H groups in total. The highest BCUT2D eigenvalue weighted by molar-refractivity contribution is 9.10. The summed E-state index contributed by atoms with van der Waals surface area (Å²) >= 11 is 3.09. The predicted octanol–water partition coefficient (Wildman–Crippen LogP) is 4.52. The quantitative estimate of drug-likeness (QED) is 0.157. The van der Waals surface area contributed by atoms with E-state index in [2.05, 4.69) is 46.9 Å². The second-order valence-corrected chi connectivity index (χ2v) is 10.9. The first-order valence-corrected chi connectivity index (χ1v) is 13.2. The van der Waals surface area contributed by atoms with Gasteiger partial charge in [0.1, 0.15) is 11.4 Å². The van der Waals surface area contributed by atoms with Crippen LogP contribution >= 0.6 is 15.9 Å². The average molecular weight is 618 g/mol. The van der Waals surface area contributed by atoms with Crippen molar-refractivity contribution < 1.29 is 28.6 Å². The number of hydrogen-bond donors (Lipinski definition) is 3. The molecule has 3 aromatic rings. The fourth-order valence-corrected chi connectivity index (χ4v) is 4.26. The highest BCUT2D eigenvalue weighted by atomic mass is 79.9. The molecule has 0 bridgehead atoms. The number of ether oxygens (including phenoxy) is 1. The van der Waals surface area contributed by atoms with Gasteiger partial charge in [0.25, 0.3) is 5.91 Å². The molecule has 0 saturated carbocycles. The van der Waals surface area contributed by atoms with Crippen LogP contribution in [0, 0.1) is 5.82 Å². The van der Waals surface area contributed by atoms with Gasteiger partial charge in [-0.1, -0.05) is 17.3 Å². The van der Waals surface area contributed by atoms with Crippen LogP contribution in [-0.2, 0) is 11.3 Å². The number of anilines is 2. The molecule has 1 aromatic heterocycles. The number of nitrogens with one attached hydrogen (secondary N) is 2. The van der Waals surface area contributed by atoms with Crippen LogP contribution in [-0.4, -0.2) is 74.9 Å². The van der Waals surface area contributed by atoms with E-state index < -0.39 is 17.3 Å². The molecule has 12 nitrogen and oxygen atoms in total. The van der Waals surface area contributed by atoms with E-state index in [-0.39, 0.29) is 27.9 Å². The number of halogens is 2. The number of oxime groups is 1. The maximum absolute atomic E-state index is 13.5. The minimum Gasteiger partial charge on any atom is -0.444 e. The predicted molar refractivity (Wildman–Crippen MR) is 148 cm³/mol. The van der Waals surface area contributed by atoms with Crippen LogP contribution in [0.15, 0.2) is 56.7 Å². The van der Waals surface area contributed by atoms with Crippen molar-refractivity contribution in [2.24, 2.45) is 5.16 Å². The first-order chi connectivity index (χ1) is 19.0. The number of carbonyl (C=O) groups excluding carboxylic acids is 2. The molecule has 2 heterocycles. The van der Waals surface area contributed by atoms with Gasteiger partial charge in [-0.2, -0.15) is 0 Å². The van der Waals surface area contributed by atoms with Crippen molar-refractivity contribution in [3.05, 3.63) is 69.6 Å². The lowest BCUT2D eigenvalue weighted by molar-refractivity contribution is 0.0139. The zero-order valence-electron chi connectivity index (χ0n) is 22.1. The highest BCUT2D eigenvalue weighted by Gasteiger charge is 2.26. The molecule has 1 aliphatic heterocycles. The van der Waals surface area contributed by atoms with E-state index in [1.54, 1.807) is 17.0 Å². The highest BCUT2D eigenvalue weighted by Crippen LogP contribution is 2.22. The number of nitrogens with zero attached hydrogens (tertiary/aromatic N) is 5. The van der Waals surface area contributed by atoms with E-state index >= 15 is 0 Å². The zero-order valence-corrected chi connectivity index (χ0v) is 23.7. The molecule has 2 amide bonds. The first-order valence-electron chi connectivity index (χ1n) is 12.4. The van der Waals surface area contributed by atoms with Crippen LogP contribution in [0.25, 0.3) is 0 Å². The average Bonchev–Trinajstić information content (AvgIpc) is 3.37. The second kappa shape index (κ2) is 12.4. The third kappa shape index (κ3) is 7.54. The zero-order chi connectivity index (χ0) is 28.9. The van der Waals surface area contributed by atoms with Crippen molar-refractivity contribution in [1.82, 2.24) is 20.1 Å². The number of aromatic nitrogens is 2. The van der Waals surface area contributed by atoms with Crippen molar-refractivity contribution in [2.45, 2.75) is 32.9 Å². The van der Waals surface area contributed by atoms with Gasteiger partial charge in [0, 0.05) is 44.0 Å². The van der Waals surface area contributed by atoms with Crippen molar-refractivity contribution >= 4 is 45.3 Å². The van der Waals surface area contributed by atoms with Gasteiger partial charge in [-0.15, -0.1) is 0 Å². The smallest absolute Gasteiger partial charge is 0.410 e. The Balaban J connectivity index is 1.32. The third-order valence-corrected chi connectivity index (χ3v) is 6.48. The van der Waals surface area contributed by atoms with Crippen LogP contribution in [0.5, 0.6) is 0 Å². The molecule has 40 heavy (non-hydrogen) atoms.